The molecular formula is C13H19NO. The molecule has 2 heteroatoms. The third-order valence-corrected chi connectivity index (χ3v) is 2.70. The summed E-state index contributed by atoms with van der Waals surface area (Å²) in [6, 6.07) is 8.30. The summed E-state index contributed by atoms with van der Waals surface area (Å²) in [6.07, 6.45) is 0. The Morgan fingerprint density at radius 3 is 2.47 bits per heavy atom. The molecule has 0 amide bonds. The minimum Gasteiger partial charge on any atom is -0.300 e. The second-order valence-corrected chi connectivity index (χ2v) is 4.22. The van der Waals surface area contributed by atoms with E-state index in [0.29, 0.717) is 6.04 Å². The zero-order valence-electron chi connectivity index (χ0n) is 9.95. The fourth-order valence-corrected chi connectivity index (χ4v) is 1.45. The molecule has 0 atom stereocenters. The van der Waals surface area contributed by atoms with Gasteiger partial charge in [0.1, 0.15) is 0 Å². The Balaban J connectivity index is 2.89. The molecule has 1 aromatic rings. The predicted molar refractivity (Wildman–Crippen MR) is 63.0 cm³/mol. The van der Waals surface area contributed by atoms with Crippen LogP contribution in [-0.2, 0) is 6.54 Å². The van der Waals surface area contributed by atoms with Crippen LogP contribution >= 0.6 is 0 Å². The van der Waals surface area contributed by atoms with E-state index in [1.165, 1.54) is 0 Å². The molecule has 15 heavy (non-hydrogen) atoms. The zero-order valence-corrected chi connectivity index (χ0v) is 9.95. The summed E-state index contributed by atoms with van der Waals surface area (Å²) in [7, 11) is 2.07. The molecule has 0 heterocycles. The number of benzene rings is 1. The van der Waals surface area contributed by atoms with Gasteiger partial charge in [0.2, 0.25) is 0 Å². The van der Waals surface area contributed by atoms with E-state index in [9.17, 15) is 4.79 Å². The molecule has 0 bridgehead atoms. The van der Waals surface area contributed by atoms with Crippen LogP contribution in [0.2, 0.25) is 0 Å². The lowest BCUT2D eigenvalue weighted by molar-refractivity contribution is 0.101. The van der Waals surface area contributed by atoms with Crippen molar-refractivity contribution in [2.75, 3.05) is 7.05 Å². The lowest BCUT2D eigenvalue weighted by Gasteiger charge is -2.22. The van der Waals surface area contributed by atoms with Crippen LogP contribution in [0, 0.1) is 0 Å². The number of hydrogen-bond donors (Lipinski definition) is 0. The average Bonchev–Trinajstić information content (AvgIpc) is 2.18. The molecular weight excluding hydrogens is 186 g/mol. The van der Waals surface area contributed by atoms with Gasteiger partial charge in [-0.1, -0.05) is 24.3 Å². The molecule has 0 fully saturated rings. The van der Waals surface area contributed by atoms with Crippen LogP contribution in [0.3, 0.4) is 0 Å². The highest BCUT2D eigenvalue weighted by atomic mass is 16.1. The molecule has 0 aliphatic rings. The topological polar surface area (TPSA) is 20.3 Å². The Kier molecular flexibility index (Phi) is 4.04. The van der Waals surface area contributed by atoms with Crippen molar-refractivity contribution in [3.05, 3.63) is 35.4 Å². The van der Waals surface area contributed by atoms with Gasteiger partial charge < -0.3 is 0 Å². The molecule has 2 nitrogen and oxygen atoms in total. The Hall–Kier alpha value is -1.15. The van der Waals surface area contributed by atoms with Crippen molar-refractivity contribution in [3.63, 3.8) is 0 Å². The number of carbonyl (C=O) groups is 1. The summed E-state index contributed by atoms with van der Waals surface area (Å²) < 4.78 is 0. The number of Topliss-reactive ketones (excluding diaryl/α,β-unsaturated/α-hetero) is 1. The maximum absolute atomic E-state index is 11.4. The average molecular weight is 205 g/mol. The number of hydrogen-bond acceptors (Lipinski definition) is 2. The highest BCUT2D eigenvalue weighted by Gasteiger charge is 2.09. The standard InChI is InChI=1S/C13H19NO/c1-10(2)14(4)9-12-7-5-6-8-13(12)11(3)15/h5-8,10H,9H2,1-4H3. The molecule has 1 aromatic carbocycles. The molecule has 0 saturated heterocycles. The van der Waals surface area contributed by atoms with Crippen LogP contribution in [0.15, 0.2) is 24.3 Å². The quantitative estimate of drug-likeness (QED) is 0.704. The van der Waals surface area contributed by atoms with Crippen LogP contribution < -0.4 is 0 Å². The normalized spacial score (nSPS) is 11.1. The smallest absolute Gasteiger partial charge is 0.160 e. The maximum Gasteiger partial charge on any atom is 0.160 e. The van der Waals surface area contributed by atoms with Crippen molar-refractivity contribution in [1.82, 2.24) is 4.90 Å². The monoisotopic (exact) mass is 205 g/mol. The SMILES string of the molecule is CC(=O)c1ccccc1CN(C)C(C)C. The molecule has 82 valence electrons. The number of rotatable bonds is 4. The van der Waals surface area contributed by atoms with Gasteiger partial charge in [0, 0.05) is 18.2 Å². The van der Waals surface area contributed by atoms with Crippen molar-refractivity contribution in [2.45, 2.75) is 33.4 Å². The fraction of sp³-hybridized carbons (Fsp3) is 0.462. The van der Waals surface area contributed by atoms with E-state index >= 15 is 0 Å². The molecule has 0 radical (unpaired) electrons. The summed E-state index contributed by atoms with van der Waals surface area (Å²) >= 11 is 0. The van der Waals surface area contributed by atoms with Crippen molar-refractivity contribution in [3.8, 4) is 0 Å². The minimum atomic E-state index is 0.141. The maximum atomic E-state index is 11.4. The van der Waals surface area contributed by atoms with Crippen molar-refractivity contribution < 1.29 is 4.79 Å². The van der Waals surface area contributed by atoms with Gasteiger partial charge in [-0.15, -0.1) is 0 Å². The Morgan fingerprint density at radius 1 is 1.33 bits per heavy atom. The number of ketones is 1. The third kappa shape index (κ3) is 3.17. The first-order chi connectivity index (χ1) is 7.02. The highest BCUT2D eigenvalue weighted by molar-refractivity contribution is 5.95. The molecule has 0 saturated carbocycles. The van der Waals surface area contributed by atoms with E-state index in [2.05, 4.69) is 25.8 Å². The molecule has 0 aliphatic carbocycles. The zero-order chi connectivity index (χ0) is 11.4. The van der Waals surface area contributed by atoms with Gasteiger partial charge in [0.05, 0.1) is 0 Å². The summed E-state index contributed by atoms with van der Waals surface area (Å²) in [4.78, 5) is 13.6. The molecule has 0 N–H and O–H groups in total. The fourth-order valence-electron chi connectivity index (χ4n) is 1.45. The minimum absolute atomic E-state index is 0.141. The molecule has 0 aliphatic heterocycles. The second-order valence-electron chi connectivity index (χ2n) is 4.22. The molecule has 0 aromatic heterocycles. The van der Waals surface area contributed by atoms with Crippen LogP contribution in [-0.4, -0.2) is 23.8 Å². The van der Waals surface area contributed by atoms with Crippen molar-refractivity contribution in [1.29, 1.82) is 0 Å². The third-order valence-electron chi connectivity index (χ3n) is 2.70. The second kappa shape index (κ2) is 5.08. The first kappa shape index (κ1) is 11.9. The lowest BCUT2D eigenvalue weighted by Crippen LogP contribution is -2.26. The Labute approximate surface area is 91.9 Å². The van der Waals surface area contributed by atoms with E-state index in [-0.39, 0.29) is 5.78 Å². The van der Waals surface area contributed by atoms with E-state index in [4.69, 9.17) is 0 Å². The molecule has 0 spiro atoms. The molecule has 1 rings (SSSR count). The van der Waals surface area contributed by atoms with Crippen LogP contribution in [0.1, 0.15) is 36.7 Å². The van der Waals surface area contributed by atoms with E-state index in [1.807, 2.05) is 24.3 Å². The summed E-state index contributed by atoms with van der Waals surface area (Å²) in [6.45, 7) is 6.74. The van der Waals surface area contributed by atoms with Crippen LogP contribution in [0.25, 0.3) is 0 Å². The first-order valence-electron chi connectivity index (χ1n) is 5.31. The largest absolute Gasteiger partial charge is 0.300 e. The van der Waals surface area contributed by atoms with Gasteiger partial charge in [-0.2, -0.15) is 0 Å². The predicted octanol–water partition coefficient (Wildman–Crippen LogP) is 2.73. The first-order valence-corrected chi connectivity index (χ1v) is 5.31. The summed E-state index contributed by atoms with van der Waals surface area (Å²) in [5.74, 6) is 0.141. The number of nitrogens with zero attached hydrogens (tertiary/aromatic N) is 1. The Morgan fingerprint density at radius 2 is 1.93 bits per heavy atom. The van der Waals surface area contributed by atoms with Gasteiger partial charge in [-0.3, -0.25) is 9.69 Å². The van der Waals surface area contributed by atoms with E-state index in [0.717, 1.165) is 17.7 Å². The molecule has 0 unspecified atom stereocenters. The van der Waals surface area contributed by atoms with E-state index in [1.54, 1.807) is 6.92 Å². The van der Waals surface area contributed by atoms with E-state index < -0.39 is 0 Å². The summed E-state index contributed by atoms with van der Waals surface area (Å²) in [5, 5.41) is 0. The van der Waals surface area contributed by atoms with Crippen LogP contribution in [0.4, 0.5) is 0 Å². The van der Waals surface area contributed by atoms with Gasteiger partial charge in [0.25, 0.3) is 0 Å². The lowest BCUT2D eigenvalue weighted by atomic mass is 10.0. The van der Waals surface area contributed by atoms with Gasteiger partial charge in [0.15, 0.2) is 5.78 Å². The van der Waals surface area contributed by atoms with Crippen molar-refractivity contribution >= 4 is 5.78 Å². The van der Waals surface area contributed by atoms with Gasteiger partial charge in [-0.05, 0) is 33.4 Å². The van der Waals surface area contributed by atoms with Gasteiger partial charge in [-0.25, -0.2) is 0 Å². The van der Waals surface area contributed by atoms with Gasteiger partial charge >= 0.3 is 0 Å². The Bertz CT molecular complexity index is 344. The number of carbonyl (C=O) groups excluding carboxylic acids is 1. The van der Waals surface area contributed by atoms with Crippen LogP contribution in [0.5, 0.6) is 0 Å². The summed E-state index contributed by atoms with van der Waals surface area (Å²) in [5.41, 5.74) is 1.95. The highest BCUT2D eigenvalue weighted by Crippen LogP contribution is 2.12. The van der Waals surface area contributed by atoms with Crippen molar-refractivity contribution in [2.24, 2.45) is 0 Å².